The van der Waals surface area contributed by atoms with Crippen molar-refractivity contribution in [3.8, 4) is 11.8 Å². The summed E-state index contributed by atoms with van der Waals surface area (Å²) in [4.78, 5) is -0.381. The van der Waals surface area contributed by atoms with E-state index in [4.69, 9.17) is 34.2 Å². The summed E-state index contributed by atoms with van der Waals surface area (Å²) >= 11 is 11.2. The van der Waals surface area contributed by atoms with Gasteiger partial charge in [0.25, 0.3) is 0 Å². The number of nitrogens with zero attached hydrogens (tertiary/aromatic N) is 4. The third-order valence-corrected chi connectivity index (χ3v) is 4.82. The SMILES string of the molecule is FC(F)(F)c1ccn[nH]1.N#Cc1c(C(F)(F)F)nn(-c2c(Cl)cc(SC(F)(F)F)cc2Cl)c1N. The number of H-pyrrole nitrogens is 1. The van der Waals surface area contributed by atoms with Crippen LogP contribution < -0.4 is 5.73 Å². The maximum atomic E-state index is 12.9. The van der Waals surface area contributed by atoms with Gasteiger partial charge in [0.15, 0.2) is 5.69 Å². The second-order valence-electron chi connectivity index (χ2n) is 5.88. The average molecular weight is 557 g/mol. The topological polar surface area (TPSA) is 96.3 Å². The highest BCUT2D eigenvalue weighted by atomic mass is 35.5. The molecule has 2 heterocycles. The molecule has 0 saturated heterocycles. The van der Waals surface area contributed by atoms with Crippen molar-refractivity contribution in [1.82, 2.24) is 20.0 Å². The molecule has 184 valence electrons. The predicted molar refractivity (Wildman–Crippen MR) is 103 cm³/mol. The Kier molecular flexibility index (Phi) is 7.95. The summed E-state index contributed by atoms with van der Waals surface area (Å²) in [6, 6.07) is 3.85. The first-order valence-corrected chi connectivity index (χ1v) is 9.70. The molecule has 1 aromatic carbocycles. The minimum atomic E-state index is -4.98. The Morgan fingerprint density at radius 3 is 1.88 bits per heavy atom. The lowest BCUT2D eigenvalue weighted by Crippen LogP contribution is -2.09. The van der Waals surface area contributed by atoms with Crippen LogP contribution in [0, 0.1) is 11.3 Å². The van der Waals surface area contributed by atoms with Crippen molar-refractivity contribution >= 4 is 40.8 Å². The van der Waals surface area contributed by atoms with Gasteiger partial charge in [-0.3, -0.25) is 5.10 Å². The van der Waals surface area contributed by atoms with Crippen molar-refractivity contribution in [3.63, 3.8) is 0 Å². The van der Waals surface area contributed by atoms with Gasteiger partial charge in [0, 0.05) is 11.1 Å². The number of benzene rings is 1. The van der Waals surface area contributed by atoms with Crippen LogP contribution in [0.1, 0.15) is 17.0 Å². The number of rotatable bonds is 2. The summed E-state index contributed by atoms with van der Waals surface area (Å²) in [5.41, 5.74) is -2.82. The van der Waals surface area contributed by atoms with E-state index in [9.17, 15) is 39.5 Å². The molecule has 0 aliphatic carbocycles. The number of nitriles is 1. The normalized spacial score (nSPS) is 12.2. The molecule has 0 radical (unpaired) electrons. The molecule has 0 bridgehead atoms. The van der Waals surface area contributed by atoms with Crippen LogP contribution in [0.5, 0.6) is 0 Å². The quantitative estimate of drug-likeness (QED) is 0.270. The van der Waals surface area contributed by atoms with Crippen molar-refractivity contribution in [1.29, 1.82) is 5.26 Å². The molecule has 0 fully saturated rings. The van der Waals surface area contributed by atoms with Gasteiger partial charge in [-0.1, -0.05) is 23.2 Å². The van der Waals surface area contributed by atoms with E-state index in [1.54, 1.807) is 5.10 Å². The first-order chi connectivity index (χ1) is 15.5. The molecule has 34 heavy (non-hydrogen) atoms. The van der Waals surface area contributed by atoms with Crippen molar-refractivity contribution < 1.29 is 39.5 Å². The Labute approximate surface area is 197 Å². The second-order valence-corrected chi connectivity index (χ2v) is 7.83. The number of hydrogen-bond donors (Lipinski definition) is 2. The van der Waals surface area contributed by atoms with Crippen LogP contribution in [-0.4, -0.2) is 25.5 Å². The van der Waals surface area contributed by atoms with Crippen LogP contribution in [0.3, 0.4) is 0 Å². The van der Waals surface area contributed by atoms with Crippen LogP contribution in [0.2, 0.25) is 10.0 Å². The Balaban J connectivity index is 0.000000379. The maximum Gasteiger partial charge on any atom is 0.446 e. The van der Waals surface area contributed by atoms with Crippen LogP contribution in [0.25, 0.3) is 5.69 Å². The molecular formula is C16H7Cl2F9N6S. The molecule has 0 aliphatic heterocycles. The highest BCUT2D eigenvalue weighted by Gasteiger charge is 2.40. The lowest BCUT2D eigenvalue weighted by Gasteiger charge is -2.12. The fourth-order valence-electron chi connectivity index (χ4n) is 2.26. The molecule has 3 rings (SSSR count). The lowest BCUT2D eigenvalue weighted by molar-refractivity contribution is -0.142. The van der Waals surface area contributed by atoms with Gasteiger partial charge in [-0.2, -0.15) is 55.0 Å². The smallest absolute Gasteiger partial charge is 0.382 e. The maximum absolute atomic E-state index is 12.9. The molecule has 3 aromatic rings. The molecular weight excluding hydrogens is 550 g/mol. The molecule has 0 amide bonds. The van der Waals surface area contributed by atoms with E-state index >= 15 is 0 Å². The summed E-state index contributed by atoms with van der Waals surface area (Å²) in [5, 5.41) is 16.1. The predicted octanol–water partition coefficient (Wildman–Crippen LogP) is 6.69. The van der Waals surface area contributed by atoms with E-state index in [-0.39, 0.29) is 10.6 Å². The third kappa shape index (κ3) is 6.64. The second kappa shape index (κ2) is 9.84. The highest BCUT2D eigenvalue weighted by Crippen LogP contribution is 2.42. The fraction of sp³-hybridized carbons (Fsp3) is 0.188. The number of nitrogens with two attached hydrogens (primary N) is 1. The zero-order chi connectivity index (χ0) is 26.1. The van der Waals surface area contributed by atoms with Crippen molar-refractivity contribution in [2.75, 3.05) is 5.73 Å². The van der Waals surface area contributed by atoms with Crippen LogP contribution >= 0.6 is 35.0 Å². The number of nitrogens with one attached hydrogen (secondary N) is 1. The van der Waals surface area contributed by atoms with Crippen LogP contribution in [-0.2, 0) is 12.4 Å². The van der Waals surface area contributed by atoms with E-state index < -0.39 is 62.4 Å². The molecule has 0 unspecified atom stereocenters. The van der Waals surface area contributed by atoms with Crippen LogP contribution in [0.15, 0.2) is 29.3 Å². The van der Waals surface area contributed by atoms with E-state index in [1.165, 1.54) is 6.07 Å². The monoisotopic (exact) mass is 556 g/mol. The van der Waals surface area contributed by atoms with E-state index in [1.807, 2.05) is 0 Å². The Hall–Kier alpha value is -2.77. The lowest BCUT2D eigenvalue weighted by atomic mass is 10.2. The number of thioether (sulfide) groups is 1. The number of alkyl halides is 9. The zero-order valence-corrected chi connectivity index (χ0v) is 18.1. The Bertz CT molecular complexity index is 1170. The third-order valence-electron chi connectivity index (χ3n) is 3.54. The zero-order valence-electron chi connectivity index (χ0n) is 15.7. The molecule has 2 aromatic heterocycles. The number of hydrogen-bond acceptors (Lipinski definition) is 5. The average Bonchev–Trinajstić information content (AvgIpc) is 3.28. The Morgan fingerprint density at radius 1 is 1.00 bits per heavy atom. The summed E-state index contributed by atoms with van der Waals surface area (Å²) in [7, 11) is 0. The first kappa shape index (κ1) is 27.5. The number of aromatic amines is 1. The highest BCUT2D eigenvalue weighted by molar-refractivity contribution is 8.00. The van der Waals surface area contributed by atoms with Gasteiger partial charge in [0.05, 0.1) is 10.0 Å². The molecule has 0 aliphatic rings. The molecule has 18 heteroatoms. The van der Waals surface area contributed by atoms with Gasteiger partial charge in [-0.05, 0) is 30.0 Å². The molecule has 6 nitrogen and oxygen atoms in total. The van der Waals surface area contributed by atoms with Crippen molar-refractivity contribution in [2.24, 2.45) is 0 Å². The number of halogens is 11. The van der Waals surface area contributed by atoms with E-state index in [0.29, 0.717) is 4.68 Å². The van der Waals surface area contributed by atoms with Gasteiger partial charge in [0.2, 0.25) is 0 Å². The fourth-order valence-corrected chi connectivity index (χ4v) is 3.66. The molecule has 0 saturated carbocycles. The minimum Gasteiger partial charge on any atom is -0.382 e. The summed E-state index contributed by atoms with van der Waals surface area (Å²) in [5.74, 6) is -0.699. The number of aromatic nitrogens is 4. The minimum absolute atomic E-state index is 0.376. The van der Waals surface area contributed by atoms with E-state index in [0.717, 1.165) is 24.4 Å². The van der Waals surface area contributed by atoms with Crippen molar-refractivity contribution in [2.45, 2.75) is 22.8 Å². The summed E-state index contributed by atoms with van der Waals surface area (Å²) < 4.78 is 111. The number of anilines is 1. The van der Waals surface area contributed by atoms with Gasteiger partial charge < -0.3 is 5.73 Å². The standard InChI is InChI=1S/C12H4Cl2F6N4S.C4H3F3N2/c13-6-1-4(25-12(18,19)20)2-7(14)8(6)24-10(22)5(3-21)9(23-24)11(15,16)17;5-4(6,7)3-1-2-8-9-3/h1-2H,22H2;1-2H,(H,8,9). The first-order valence-electron chi connectivity index (χ1n) is 8.13. The van der Waals surface area contributed by atoms with Gasteiger partial charge >= 0.3 is 17.9 Å². The van der Waals surface area contributed by atoms with Gasteiger partial charge in [-0.15, -0.1) is 0 Å². The molecule has 0 atom stereocenters. The molecule has 0 spiro atoms. The van der Waals surface area contributed by atoms with Gasteiger partial charge in [0.1, 0.15) is 28.8 Å². The Morgan fingerprint density at radius 2 is 1.56 bits per heavy atom. The van der Waals surface area contributed by atoms with Crippen LogP contribution in [0.4, 0.5) is 45.3 Å². The molecule has 3 N–H and O–H groups in total. The van der Waals surface area contributed by atoms with Crippen molar-refractivity contribution in [3.05, 3.63) is 51.4 Å². The van der Waals surface area contributed by atoms with E-state index in [2.05, 4.69) is 10.2 Å². The summed E-state index contributed by atoms with van der Waals surface area (Å²) in [6.45, 7) is 0. The van der Waals surface area contributed by atoms with Gasteiger partial charge in [-0.25, -0.2) is 4.68 Å². The largest absolute Gasteiger partial charge is 0.446 e. The summed E-state index contributed by atoms with van der Waals surface area (Å²) in [6.07, 6.45) is -8.21. The number of nitrogen functional groups attached to an aromatic ring is 1.